The molecule has 0 saturated heterocycles. The molecule has 8 heteroatoms. The maximum absolute atomic E-state index is 11.7. The van der Waals surface area contributed by atoms with E-state index in [-0.39, 0.29) is 12.6 Å². The predicted octanol–water partition coefficient (Wildman–Crippen LogP) is 3.38. The van der Waals surface area contributed by atoms with Gasteiger partial charge in [0.25, 0.3) is 0 Å². The molecule has 0 bridgehead atoms. The molecule has 0 aliphatic heterocycles. The average Bonchev–Trinajstić information content (AvgIpc) is 2.59. The number of aryl methyl sites for hydroxylation is 1. The number of anilines is 3. The highest BCUT2D eigenvalue weighted by molar-refractivity contribution is 7.91. The Bertz CT molecular complexity index is 776. The highest BCUT2D eigenvalue weighted by atomic mass is 32.2. The van der Waals surface area contributed by atoms with Gasteiger partial charge in [0.15, 0.2) is 0 Å². The first-order chi connectivity index (χ1) is 11.8. The Morgan fingerprint density at radius 3 is 2.40 bits per heavy atom. The number of nitrogens with zero attached hydrogens (tertiary/aromatic N) is 2. The summed E-state index contributed by atoms with van der Waals surface area (Å²) in [6.45, 7) is 7.75. The summed E-state index contributed by atoms with van der Waals surface area (Å²) in [5.74, 6) is 1.07. The first kappa shape index (κ1) is 20.9. The second kappa shape index (κ2) is 9.33. The van der Waals surface area contributed by atoms with Crippen molar-refractivity contribution in [3.05, 3.63) is 36.0 Å². The number of aromatic nitrogens is 2. The maximum Gasteiger partial charge on any atom is 0.229 e. The molecule has 1 aromatic carbocycles. The fraction of sp³-hybridized carbons (Fsp3) is 0.412. The van der Waals surface area contributed by atoms with Crippen LogP contribution in [-0.2, 0) is 9.73 Å². The molecule has 0 spiro atoms. The molecule has 2 aromatic rings. The fourth-order valence-corrected chi connectivity index (χ4v) is 2.51. The molecule has 25 heavy (non-hydrogen) atoms. The lowest BCUT2D eigenvalue weighted by Gasteiger charge is -2.14. The molecule has 0 radical (unpaired) electrons. The van der Waals surface area contributed by atoms with Crippen molar-refractivity contribution in [1.29, 1.82) is 4.78 Å². The lowest BCUT2D eigenvalue weighted by atomic mass is 10.3. The van der Waals surface area contributed by atoms with E-state index in [2.05, 4.69) is 20.6 Å². The van der Waals surface area contributed by atoms with Crippen molar-refractivity contribution < 1.29 is 9.32 Å². The average molecular weight is 366 g/mol. The van der Waals surface area contributed by atoms with Crippen LogP contribution in [0.2, 0.25) is 0 Å². The Labute approximate surface area is 149 Å². The normalized spacial score (nSPS) is 13.8. The van der Waals surface area contributed by atoms with E-state index >= 15 is 0 Å². The van der Waals surface area contributed by atoms with Crippen LogP contribution in [0.5, 0.6) is 0 Å². The molecular formula is C17H27N5O2S. The van der Waals surface area contributed by atoms with Gasteiger partial charge in [0, 0.05) is 34.6 Å². The van der Waals surface area contributed by atoms with E-state index in [4.69, 9.17) is 9.89 Å². The Balaban J connectivity index is 0.00000151. The van der Waals surface area contributed by atoms with Crippen LogP contribution in [0.1, 0.15) is 26.3 Å². The van der Waals surface area contributed by atoms with Gasteiger partial charge < -0.3 is 15.7 Å². The summed E-state index contributed by atoms with van der Waals surface area (Å²) >= 11 is 0. The number of aliphatic hydroxyl groups excluding tert-OH is 1. The van der Waals surface area contributed by atoms with Crippen LogP contribution in [0.4, 0.5) is 17.5 Å². The molecule has 0 saturated carbocycles. The van der Waals surface area contributed by atoms with Gasteiger partial charge >= 0.3 is 0 Å². The Morgan fingerprint density at radius 1 is 1.28 bits per heavy atom. The minimum Gasteiger partial charge on any atom is -0.394 e. The van der Waals surface area contributed by atoms with Gasteiger partial charge in [0.05, 0.1) is 16.3 Å². The number of hydrogen-bond donors (Lipinski definition) is 4. The summed E-state index contributed by atoms with van der Waals surface area (Å²) in [5, 5.41) is 15.3. The fourth-order valence-electron chi connectivity index (χ4n) is 1.85. The molecule has 2 rings (SSSR count). The predicted molar refractivity (Wildman–Crippen MR) is 103 cm³/mol. The van der Waals surface area contributed by atoms with E-state index in [1.54, 1.807) is 30.5 Å². The van der Waals surface area contributed by atoms with Gasteiger partial charge in [-0.2, -0.15) is 4.98 Å². The lowest BCUT2D eigenvalue weighted by molar-refractivity contribution is 0.281. The van der Waals surface area contributed by atoms with Crippen molar-refractivity contribution in [2.45, 2.75) is 38.6 Å². The van der Waals surface area contributed by atoms with E-state index in [0.29, 0.717) is 16.7 Å². The minimum atomic E-state index is -2.71. The van der Waals surface area contributed by atoms with E-state index in [1.165, 1.54) is 6.26 Å². The zero-order valence-corrected chi connectivity index (χ0v) is 16.1. The van der Waals surface area contributed by atoms with Gasteiger partial charge in [-0.15, -0.1) is 0 Å². The van der Waals surface area contributed by atoms with E-state index in [0.717, 1.165) is 11.3 Å². The molecule has 0 aliphatic carbocycles. The number of rotatable bonds is 6. The van der Waals surface area contributed by atoms with Crippen molar-refractivity contribution in [3.8, 4) is 0 Å². The zero-order chi connectivity index (χ0) is 19.0. The van der Waals surface area contributed by atoms with Crippen molar-refractivity contribution in [2.24, 2.45) is 0 Å². The summed E-state index contributed by atoms with van der Waals surface area (Å²) < 4.78 is 19.2. The van der Waals surface area contributed by atoms with Crippen LogP contribution in [0.15, 0.2) is 35.4 Å². The third-order valence-electron chi connectivity index (χ3n) is 3.19. The van der Waals surface area contributed by atoms with Crippen LogP contribution in [0.3, 0.4) is 0 Å². The summed E-state index contributed by atoms with van der Waals surface area (Å²) in [6.07, 6.45) is 3.08. The summed E-state index contributed by atoms with van der Waals surface area (Å²) in [7, 11) is -2.71. The number of aliphatic hydroxyl groups is 1. The third-order valence-corrected chi connectivity index (χ3v) is 4.36. The van der Waals surface area contributed by atoms with Crippen molar-refractivity contribution in [2.75, 3.05) is 23.5 Å². The van der Waals surface area contributed by atoms with Gasteiger partial charge in [-0.3, -0.25) is 0 Å². The van der Waals surface area contributed by atoms with Gasteiger partial charge in [-0.05, 0) is 38.1 Å². The van der Waals surface area contributed by atoms with Crippen LogP contribution in [-0.4, -0.2) is 38.2 Å². The minimum absolute atomic E-state index is 0.0110. The smallest absolute Gasteiger partial charge is 0.229 e. The first-order valence-corrected chi connectivity index (χ1v) is 10.1. The SMILES string of the molecule is CC.Cc1cnc(Nc2ccc(S(C)(=N)=O)cc2)nc1N[C@H](C)CO. The monoisotopic (exact) mass is 365 g/mol. The van der Waals surface area contributed by atoms with Crippen molar-refractivity contribution in [3.63, 3.8) is 0 Å². The quantitative estimate of drug-likeness (QED) is 0.624. The highest BCUT2D eigenvalue weighted by Gasteiger charge is 2.08. The van der Waals surface area contributed by atoms with Gasteiger partial charge in [0.2, 0.25) is 5.95 Å². The second-order valence-electron chi connectivity index (χ2n) is 5.45. The zero-order valence-electron chi connectivity index (χ0n) is 15.3. The summed E-state index contributed by atoms with van der Waals surface area (Å²) in [6, 6.07) is 6.67. The highest BCUT2D eigenvalue weighted by Crippen LogP contribution is 2.19. The molecule has 1 aromatic heterocycles. The van der Waals surface area contributed by atoms with Gasteiger partial charge in [-0.1, -0.05) is 13.8 Å². The molecule has 0 aliphatic rings. The first-order valence-electron chi connectivity index (χ1n) is 8.11. The van der Waals surface area contributed by atoms with E-state index < -0.39 is 9.73 Å². The van der Waals surface area contributed by atoms with E-state index in [1.807, 2.05) is 27.7 Å². The van der Waals surface area contributed by atoms with Crippen LogP contribution < -0.4 is 10.6 Å². The number of hydrogen-bond acceptors (Lipinski definition) is 7. The number of benzene rings is 1. The standard InChI is InChI=1S/C15H21N5O2S.C2H6/c1-10-8-17-15(20-14(10)18-11(2)9-21)19-12-4-6-13(7-5-12)23(3,16)22;1-2/h4-8,11,16,21H,9H2,1-3H3,(H2,17,18,19,20);1-2H3/t11-,23?;/m1./s1. The molecule has 0 amide bonds. The Morgan fingerprint density at radius 2 is 1.88 bits per heavy atom. The molecule has 1 heterocycles. The van der Waals surface area contributed by atoms with E-state index in [9.17, 15) is 4.21 Å². The second-order valence-corrected chi connectivity index (χ2v) is 7.60. The third kappa shape index (κ3) is 6.32. The maximum atomic E-state index is 11.7. The number of nitrogens with one attached hydrogen (secondary N) is 3. The molecule has 0 fully saturated rings. The molecule has 1 unspecified atom stereocenters. The molecular weight excluding hydrogens is 338 g/mol. The molecule has 7 nitrogen and oxygen atoms in total. The van der Waals surface area contributed by atoms with Crippen LogP contribution in [0, 0.1) is 11.7 Å². The lowest BCUT2D eigenvalue weighted by Crippen LogP contribution is -2.21. The summed E-state index contributed by atoms with van der Waals surface area (Å²) in [5.41, 5.74) is 1.62. The van der Waals surface area contributed by atoms with Crippen LogP contribution >= 0.6 is 0 Å². The Hall–Kier alpha value is -2.19. The molecule has 4 N–H and O–H groups in total. The Kier molecular flexibility index (Phi) is 7.79. The van der Waals surface area contributed by atoms with Gasteiger partial charge in [-0.25, -0.2) is 14.0 Å². The van der Waals surface area contributed by atoms with Crippen molar-refractivity contribution >= 4 is 27.2 Å². The summed E-state index contributed by atoms with van der Waals surface area (Å²) in [4.78, 5) is 9.09. The van der Waals surface area contributed by atoms with Gasteiger partial charge in [0.1, 0.15) is 5.82 Å². The largest absolute Gasteiger partial charge is 0.394 e. The van der Waals surface area contributed by atoms with Crippen LogP contribution in [0.25, 0.3) is 0 Å². The molecule has 138 valence electrons. The molecule has 2 atom stereocenters. The topological polar surface area (TPSA) is 111 Å². The van der Waals surface area contributed by atoms with Crippen molar-refractivity contribution in [1.82, 2.24) is 9.97 Å².